The predicted octanol–water partition coefficient (Wildman–Crippen LogP) is 1.44. The van der Waals surface area contributed by atoms with Gasteiger partial charge in [-0.1, -0.05) is 12.1 Å². The maximum absolute atomic E-state index is 13.0. The van der Waals surface area contributed by atoms with Crippen LogP contribution in [0, 0.1) is 11.7 Å². The van der Waals surface area contributed by atoms with E-state index in [4.69, 9.17) is 0 Å². The maximum atomic E-state index is 13.0. The summed E-state index contributed by atoms with van der Waals surface area (Å²) in [5.41, 5.74) is 0.747. The van der Waals surface area contributed by atoms with Gasteiger partial charge in [0.1, 0.15) is 5.82 Å². The van der Waals surface area contributed by atoms with E-state index in [2.05, 4.69) is 5.32 Å². The summed E-state index contributed by atoms with van der Waals surface area (Å²) < 4.78 is 13.0. The van der Waals surface area contributed by atoms with Crippen LogP contribution in [-0.2, 0) is 11.2 Å². The van der Waals surface area contributed by atoms with Crippen LogP contribution in [0.4, 0.5) is 4.39 Å². The Balaban J connectivity index is 1.89. The van der Waals surface area contributed by atoms with Crippen molar-refractivity contribution in [3.8, 4) is 0 Å². The number of rotatable bonds is 4. The van der Waals surface area contributed by atoms with Crippen LogP contribution >= 0.6 is 0 Å². The summed E-state index contributed by atoms with van der Waals surface area (Å²) in [7, 11) is 1.93. The molecule has 1 amide bonds. The first-order valence-electron chi connectivity index (χ1n) is 6.36. The minimum atomic E-state index is -0.283. The molecule has 1 aliphatic heterocycles. The van der Waals surface area contributed by atoms with Gasteiger partial charge < -0.3 is 10.2 Å². The molecule has 1 fully saturated rings. The van der Waals surface area contributed by atoms with Crippen molar-refractivity contribution in [2.24, 2.45) is 5.92 Å². The van der Waals surface area contributed by atoms with Crippen molar-refractivity contribution in [2.75, 3.05) is 26.7 Å². The van der Waals surface area contributed by atoms with Crippen LogP contribution in [0.25, 0.3) is 0 Å². The quantitative estimate of drug-likeness (QED) is 0.877. The molecule has 18 heavy (non-hydrogen) atoms. The Labute approximate surface area is 107 Å². The fourth-order valence-electron chi connectivity index (χ4n) is 2.45. The van der Waals surface area contributed by atoms with E-state index >= 15 is 0 Å². The number of hydrogen-bond acceptors (Lipinski definition) is 2. The van der Waals surface area contributed by atoms with Gasteiger partial charge in [0, 0.05) is 13.1 Å². The third-order valence-corrected chi connectivity index (χ3v) is 3.38. The van der Waals surface area contributed by atoms with Gasteiger partial charge >= 0.3 is 0 Å². The molecule has 0 bridgehead atoms. The Morgan fingerprint density at radius 1 is 1.56 bits per heavy atom. The highest BCUT2D eigenvalue weighted by Gasteiger charge is 2.25. The van der Waals surface area contributed by atoms with Crippen LogP contribution in [-0.4, -0.2) is 37.5 Å². The molecule has 1 saturated heterocycles. The highest BCUT2D eigenvalue weighted by Crippen LogP contribution is 2.17. The SMILES string of the molecule is CNC[C@@H]1CCN(C(=O)Cc2cccc(F)c2)C1. The van der Waals surface area contributed by atoms with Gasteiger partial charge in [-0.15, -0.1) is 0 Å². The molecule has 1 N–H and O–H groups in total. The molecule has 0 aliphatic carbocycles. The maximum Gasteiger partial charge on any atom is 0.227 e. The molecule has 0 spiro atoms. The molecule has 1 aromatic carbocycles. The van der Waals surface area contributed by atoms with E-state index in [1.165, 1.54) is 12.1 Å². The van der Waals surface area contributed by atoms with E-state index < -0.39 is 0 Å². The average molecular weight is 250 g/mol. The van der Waals surface area contributed by atoms with Gasteiger partial charge in [-0.25, -0.2) is 4.39 Å². The zero-order valence-electron chi connectivity index (χ0n) is 10.7. The fraction of sp³-hybridized carbons (Fsp3) is 0.500. The first kappa shape index (κ1) is 13.0. The highest BCUT2D eigenvalue weighted by molar-refractivity contribution is 5.79. The molecule has 0 unspecified atom stereocenters. The molecule has 1 aliphatic rings. The van der Waals surface area contributed by atoms with E-state index in [9.17, 15) is 9.18 Å². The van der Waals surface area contributed by atoms with E-state index in [0.29, 0.717) is 12.3 Å². The van der Waals surface area contributed by atoms with Crippen LogP contribution in [0.1, 0.15) is 12.0 Å². The predicted molar refractivity (Wildman–Crippen MR) is 68.7 cm³/mol. The van der Waals surface area contributed by atoms with Gasteiger partial charge in [0.15, 0.2) is 0 Å². The summed E-state index contributed by atoms with van der Waals surface area (Å²) >= 11 is 0. The van der Waals surface area contributed by atoms with Crippen LogP contribution in [0.15, 0.2) is 24.3 Å². The Morgan fingerprint density at radius 2 is 2.39 bits per heavy atom. The molecule has 3 nitrogen and oxygen atoms in total. The lowest BCUT2D eigenvalue weighted by Crippen LogP contribution is -2.31. The van der Waals surface area contributed by atoms with Crippen molar-refractivity contribution in [3.05, 3.63) is 35.6 Å². The number of nitrogens with zero attached hydrogens (tertiary/aromatic N) is 1. The van der Waals surface area contributed by atoms with Crippen LogP contribution in [0.2, 0.25) is 0 Å². The number of carbonyl (C=O) groups is 1. The Kier molecular flexibility index (Phi) is 4.31. The smallest absolute Gasteiger partial charge is 0.227 e. The van der Waals surface area contributed by atoms with Crippen LogP contribution in [0.3, 0.4) is 0 Å². The molecule has 0 saturated carbocycles. The van der Waals surface area contributed by atoms with Crippen molar-refractivity contribution in [3.63, 3.8) is 0 Å². The van der Waals surface area contributed by atoms with Crippen molar-refractivity contribution >= 4 is 5.91 Å². The highest BCUT2D eigenvalue weighted by atomic mass is 19.1. The number of carbonyl (C=O) groups excluding carboxylic acids is 1. The van der Waals surface area contributed by atoms with E-state index in [-0.39, 0.29) is 11.7 Å². The first-order valence-corrected chi connectivity index (χ1v) is 6.36. The van der Waals surface area contributed by atoms with Gasteiger partial charge in [-0.2, -0.15) is 0 Å². The largest absolute Gasteiger partial charge is 0.342 e. The number of amides is 1. The summed E-state index contributed by atoms with van der Waals surface area (Å²) in [6.45, 7) is 2.58. The number of hydrogen-bond donors (Lipinski definition) is 1. The summed E-state index contributed by atoms with van der Waals surface area (Å²) in [6.07, 6.45) is 1.35. The third kappa shape index (κ3) is 3.29. The molecule has 1 atom stereocenters. The van der Waals surface area contributed by atoms with Crippen molar-refractivity contribution < 1.29 is 9.18 Å². The third-order valence-electron chi connectivity index (χ3n) is 3.38. The summed E-state index contributed by atoms with van der Waals surface area (Å²) in [5.74, 6) is 0.362. The van der Waals surface area contributed by atoms with Crippen molar-refractivity contribution in [2.45, 2.75) is 12.8 Å². The second-order valence-electron chi connectivity index (χ2n) is 4.86. The Morgan fingerprint density at radius 3 is 3.11 bits per heavy atom. The fourth-order valence-corrected chi connectivity index (χ4v) is 2.45. The molecule has 0 aromatic heterocycles. The number of benzene rings is 1. The summed E-state index contributed by atoms with van der Waals surface area (Å²) in [4.78, 5) is 13.9. The minimum absolute atomic E-state index is 0.0965. The van der Waals surface area contributed by atoms with Crippen LogP contribution in [0.5, 0.6) is 0 Å². The van der Waals surface area contributed by atoms with E-state index in [1.807, 2.05) is 11.9 Å². The van der Waals surface area contributed by atoms with Gasteiger partial charge in [-0.3, -0.25) is 4.79 Å². The number of likely N-dealkylation sites (tertiary alicyclic amines) is 1. The molecule has 2 rings (SSSR count). The lowest BCUT2D eigenvalue weighted by Gasteiger charge is -2.16. The topological polar surface area (TPSA) is 32.3 Å². The Hall–Kier alpha value is -1.42. The number of halogens is 1. The average Bonchev–Trinajstić information content (AvgIpc) is 2.78. The minimum Gasteiger partial charge on any atom is -0.342 e. The second kappa shape index (κ2) is 5.96. The van der Waals surface area contributed by atoms with Crippen molar-refractivity contribution in [1.29, 1.82) is 0 Å². The van der Waals surface area contributed by atoms with Crippen LogP contribution < -0.4 is 5.32 Å². The zero-order chi connectivity index (χ0) is 13.0. The van der Waals surface area contributed by atoms with Gasteiger partial charge in [0.2, 0.25) is 5.91 Å². The summed E-state index contributed by atoms with van der Waals surface area (Å²) in [6, 6.07) is 6.26. The molecule has 98 valence electrons. The molecular weight excluding hydrogens is 231 g/mol. The molecular formula is C14H19FN2O. The standard InChI is InChI=1S/C14H19FN2O/c1-16-9-12-5-6-17(10-12)14(18)8-11-3-2-4-13(15)7-11/h2-4,7,12,16H,5-6,8-10H2,1H3/t12-/m0/s1. The Bertz CT molecular complexity index is 422. The second-order valence-corrected chi connectivity index (χ2v) is 4.86. The zero-order valence-corrected chi connectivity index (χ0v) is 10.7. The van der Waals surface area contributed by atoms with Gasteiger partial charge in [0.25, 0.3) is 0 Å². The lowest BCUT2D eigenvalue weighted by molar-refractivity contribution is -0.129. The van der Waals surface area contributed by atoms with E-state index in [1.54, 1.807) is 12.1 Å². The first-order chi connectivity index (χ1) is 8.69. The molecule has 1 heterocycles. The monoisotopic (exact) mass is 250 g/mol. The summed E-state index contributed by atoms with van der Waals surface area (Å²) in [5, 5.41) is 3.14. The lowest BCUT2D eigenvalue weighted by atomic mass is 10.1. The normalized spacial score (nSPS) is 19.2. The molecule has 0 radical (unpaired) electrons. The molecule has 4 heteroatoms. The van der Waals surface area contributed by atoms with Gasteiger partial charge in [0.05, 0.1) is 6.42 Å². The number of nitrogens with one attached hydrogen (secondary N) is 1. The van der Waals surface area contributed by atoms with Crippen molar-refractivity contribution in [1.82, 2.24) is 10.2 Å². The van der Waals surface area contributed by atoms with E-state index in [0.717, 1.165) is 31.6 Å². The van der Waals surface area contributed by atoms with Gasteiger partial charge in [-0.05, 0) is 43.6 Å². The molecule has 1 aromatic rings.